The van der Waals surface area contributed by atoms with Gasteiger partial charge in [-0.15, -0.1) is 11.6 Å². The fourth-order valence-corrected chi connectivity index (χ4v) is 0.350. The van der Waals surface area contributed by atoms with Crippen LogP contribution in [-0.4, -0.2) is 17.3 Å². The smallest absolute Gasteiger partial charge is 0.232 e. The van der Waals surface area contributed by atoms with Crippen molar-refractivity contribution in [2.45, 2.75) is 5.63 Å². The molecule has 0 rings (SSSR count). The summed E-state index contributed by atoms with van der Waals surface area (Å²) in [7, 11) is 0. The molecule has 1 nitrogen and oxygen atoms in total. The maximum atomic E-state index is 11.4. The van der Waals surface area contributed by atoms with E-state index in [0.717, 1.165) is 0 Å². The molecule has 4 heteroatoms. The largest absolute Gasteiger partial charge is 0.294 e. The average molecular weight is 145 g/mol. The van der Waals surface area contributed by atoms with Crippen LogP contribution in [0.5, 0.6) is 0 Å². The molecule has 0 radical (unpaired) electrons. The monoisotopic (exact) mass is 144 g/mol. The second kappa shape index (κ2) is 3.22. The molecule has 0 aliphatic carbocycles. The molecule has 0 saturated carbocycles. The van der Waals surface area contributed by atoms with Crippen molar-refractivity contribution >= 4 is 29.0 Å². The Labute approximate surface area is 50.4 Å². The zero-order valence-corrected chi connectivity index (χ0v) is 4.84. The molecule has 7 heavy (non-hydrogen) atoms. The van der Waals surface area contributed by atoms with E-state index in [-0.39, 0.29) is 5.88 Å². The third-order valence-electron chi connectivity index (χ3n) is 0.375. The fourth-order valence-electron chi connectivity index (χ4n) is 0.0583. The van der Waals surface area contributed by atoms with Crippen molar-refractivity contribution in [1.82, 2.24) is 0 Å². The molecule has 0 fully saturated rings. The molecule has 42 valence electrons. The van der Waals surface area contributed by atoms with Crippen molar-refractivity contribution in [1.29, 1.82) is 0 Å². The lowest BCUT2D eigenvalue weighted by atomic mass is 10.5. The van der Waals surface area contributed by atoms with Gasteiger partial charge in [0, 0.05) is 0 Å². The van der Waals surface area contributed by atoms with Crippen LogP contribution >= 0.6 is 23.2 Å². The highest BCUT2D eigenvalue weighted by Crippen LogP contribution is 1.98. The van der Waals surface area contributed by atoms with Crippen LogP contribution in [0, 0.1) is 0 Å². The van der Waals surface area contributed by atoms with Crippen LogP contribution in [0.2, 0.25) is 0 Å². The Balaban J connectivity index is 3.35. The van der Waals surface area contributed by atoms with E-state index in [4.69, 9.17) is 11.6 Å². The van der Waals surface area contributed by atoms with Crippen LogP contribution in [0.3, 0.4) is 0 Å². The molecule has 0 bridgehead atoms. The van der Waals surface area contributed by atoms with Gasteiger partial charge in [-0.1, -0.05) is 11.6 Å². The number of rotatable bonds is 2. The first-order valence-corrected chi connectivity index (χ1v) is 2.52. The van der Waals surface area contributed by atoms with Gasteiger partial charge < -0.3 is 0 Å². The first-order chi connectivity index (χ1) is 3.18. The van der Waals surface area contributed by atoms with E-state index in [2.05, 4.69) is 11.6 Å². The maximum absolute atomic E-state index is 11.4. The molecule has 0 spiro atoms. The topological polar surface area (TPSA) is 17.1 Å². The van der Waals surface area contributed by atoms with Crippen molar-refractivity contribution in [3.05, 3.63) is 0 Å². The summed E-state index contributed by atoms with van der Waals surface area (Å²) in [5.41, 5.74) is -1.93. The molecule has 0 saturated heterocycles. The quantitative estimate of drug-likeness (QED) is 0.535. The van der Waals surface area contributed by atoms with E-state index < -0.39 is 11.4 Å². The Kier molecular flexibility index (Phi) is 3.30. The van der Waals surface area contributed by atoms with Crippen molar-refractivity contribution in [2.75, 3.05) is 5.88 Å². The molecule has 0 aliphatic rings. The minimum Gasteiger partial charge on any atom is -0.294 e. The van der Waals surface area contributed by atoms with Gasteiger partial charge in [0.1, 0.15) is 0 Å². The first-order valence-electron chi connectivity index (χ1n) is 1.55. The minimum atomic E-state index is -1.93. The van der Waals surface area contributed by atoms with Gasteiger partial charge in [-0.05, 0) is 0 Å². The average Bonchev–Trinajstić information content (AvgIpc) is 1.65. The molecule has 0 aromatic heterocycles. The van der Waals surface area contributed by atoms with Crippen LogP contribution in [0.25, 0.3) is 0 Å². The molecule has 0 aliphatic heterocycles. The summed E-state index contributed by atoms with van der Waals surface area (Å²) in [6.07, 6.45) is 0. The van der Waals surface area contributed by atoms with E-state index in [1.165, 1.54) is 0 Å². The Bertz CT molecular complexity index is 73.3. The second-order valence-corrected chi connectivity index (χ2v) is 1.55. The van der Waals surface area contributed by atoms with Crippen LogP contribution in [0.1, 0.15) is 0 Å². The third kappa shape index (κ3) is 2.83. The highest BCUT2D eigenvalue weighted by Gasteiger charge is 2.09. The molecule has 0 heterocycles. The van der Waals surface area contributed by atoms with Crippen LogP contribution in [0.15, 0.2) is 0 Å². The summed E-state index contributed by atoms with van der Waals surface area (Å²) >= 11 is 9.50. The summed E-state index contributed by atoms with van der Waals surface area (Å²) in [6.45, 7) is 0. The van der Waals surface area contributed by atoms with Gasteiger partial charge in [0.25, 0.3) is 0 Å². The molecular weight excluding hydrogens is 142 g/mol. The zero-order valence-electron chi connectivity index (χ0n) is 3.33. The standard InChI is InChI=1S/C3H3Cl2FO/c4-1-2(7)3(5)6/h3H,1H2. The highest BCUT2D eigenvalue weighted by molar-refractivity contribution is 6.37. The van der Waals surface area contributed by atoms with Gasteiger partial charge in [0.2, 0.25) is 5.63 Å². The number of carbonyl (C=O) groups excluding carboxylic acids is 1. The van der Waals surface area contributed by atoms with Gasteiger partial charge in [0.15, 0.2) is 5.78 Å². The lowest BCUT2D eigenvalue weighted by Gasteiger charge is -1.88. The first kappa shape index (κ1) is 7.18. The van der Waals surface area contributed by atoms with Gasteiger partial charge >= 0.3 is 0 Å². The molecule has 0 N–H and O–H groups in total. The van der Waals surface area contributed by atoms with Crippen LogP contribution in [0.4, 0.5) is 4.39 Å². The molecule has 0 aromatic carbocycles. The predicted molar refractivity (Wildman–Crippen MR) is 26.5 cm³/mol. The fraction of sp³-hybridized carbons (Fsp3) is 0.667. The van der Waals surface area contributed by atoms with Crippen LogP contribution < -0.4 is 0 Å². The predicted octanol–water partition coefficient (Wildman–Crippen LogP) is 1.33. The van der Waals surface area contributed by atoms with Crippen molar-refractivity contribution in [3.63, 3.8) is 0 Å². The summed E-state index contributed by atoms with van der Waals surface area (Å²) in [6, 6.07) is 0. The minimum absolute atomic E-state index is 0.356. The van der Waals surface area contributed by atoms with E-state index in [0.29, 0.717) is 0 Å². The van der Waals surface area contributed by atoms with Gasteiger partial charge in [-0.25, -0.2) is 4.39 Å². The Morgan fingerprint density at radius 2 is 2.29 bits per heavy atom. The number of alkyl halides is 3. The molecule has 0 amide bonds. The zero-order chi connectivity index (χ0) is 5.86. The Hall–Kier alpha value is 0.180. The lowest BCUT2D eigenvalue weighted by molar-refractivity contribution is -0.118. The second-order valence-electron chi connectivity index (χ2n) is 0.901. The van der Waals surface area contributed by atoms with Gasteiger partial charge in [-0.3, -0.25) is 4.79 Å². The van der Waals surface area contributed by atoms with E-state index in [1.54, 1.807) is 0 Å². The Morgan fingerprint density at radius 1 is 1.86 bits per heavy atom. The molecule has 0 aromatic rings. The number of hydrogen-bond donors (Lipinski definition) is 0. The molecular formula is C3H3Cl2FO. The maximum Gasteiger partial charge on any atom is 0.232 e. The van der Waals surface area contributed by atoms with Crippen molar-refractivity contribution in [3.8, 4) is 0 Å². The van der Waals surface area contributed by atoms with Crippen LogP contribution in [-0.2, 0) is 4.79 Å². The number of ketones is 1. The summed E-state index contributed by atoms with van der Waals surface area (Å²) in [4.78, 5) is 9.87. The Morgan fingerprint density at radius 3 is 2.29 bits per heavy atom. The van der Waals surface area contributed by atoms with Crippen molar-refractivity contribution < 1.29 is 9.18 Å². The third-order valence-corrected chi connectivity index (χ3v) is 0.882. The molecule has 1 unspecified atom stereocenters. The summed E-state index contributed by atoms with van der Waals surface area (Å²) < 4.78 is 11.4. The molecule has 1 atom stereocenters. The summed E-state index contributed by atoms with van der Waals surface area (Å²) in [5.74, 6) is -1.15. The van der Waals surface area contributed by atoms with E-state index in [9.17, 15) is 9.18 Å². The van der Waals surface area contributed by atoms with Crippen molar-refractivity contribution in [2.24, 2.45) is 0 Å². The van der Waals surface area contributed by atoms with E-state index in [1.807, 2.05) is 0 Å². The number of hydrogen-bond acceptors (Lipinski definition) is 1. The number of halogens is 3. The van der Waals surface area contributed by atoms with Gasteiger partial charge in [-0.2, -0.15) is 0 Å². The lowest BCUT2D eigenvalue weighted by Crippen LogP contribution is -2.08. The normalized spacial score (nSPS) is 13.6. The SMILES string of the molecule is O=C(CCl)C(F)Cl. The van der Waals surface area contributed by atoms with E-state index >= 15 is 0 Å². The number of carbonyl (C=O) groups is 1. The summed E-state index contributed by atoms with van der Waals surface area (Å²) in [5, 5.41) is 0. The highest BCUT2D eigenvalue weighted by atomic mass is 35.5. The van der Waals surface area contributed by atoms with Gasteiger partial charge in [0.05, 0.1) is 5.88 Å². The number of Topliss-reactive ketones (excluding diaryl/α,β-unsaturated/α-hetero) is 1.